The van der Waals surface area contributed by atoms with Gasteiger partial charge >= 0.3 is 12.2 Å². The zero-order valence-electron chi connectivity index (χ0n) is 40.4. The smallest absolute Gasteiger partial charge is 0.407 e. The van der Waals surface area contributed by atoms with Crippen LogP contribution in [0.4, 0.5) is 9.59 Å². The van der Waals surface area contributed by atoms with Crippen molar-refractivity contribution < 1.29 is 28.7 Å². The van der Waals surface area contributed by atoms with Crippen LogP contribution in [0.1, 0.15) is 151 Å². The van der Waals surface area contributed by atoms with Gasteiger partial charge in [0.25, 0.3) is 0 Å². The second-order valence-corrected chi connectivity index (χ2v) is 20.8. The number of aromatic nitrogens is 4. The first-order valence-corrected chi connectivity index (χ1v) is 25.0. The summed E-state index contributed by atoms with van der Waals surface area (Å²) in [6, 6.07) is 12.1. The normalized spacial score (nSPS) is 25.5. The van der Waals surface area contributed by atoms with Gasteiger partial charge in [0, 0.05) is 35.6 Å². The van der Waals surface area contributed by atoms with Gasteiger partial charge in [0.15, 0.2) is 0 Å². The Bertz CT molecular complexity index is 2460. The number of ether oxygens (including phenoxy) is 2. The zero-order chi connectivity index (χ0) is 47.1. The molecule has 4 N–H and O–H groups in total. The molecule has 12 rings (SSSR count). The first kappa shape index (κ1) is 46.5. The van der Waals surface area contributed by atoms with E-state index in [0.717, 1.165) is 118 Å². The number of methoxy groups -OCH3 is 2. The number of hydrogen-bond donors (Lipinski definition) is 4. The van der Waals surface area contributed by atoms with Crippen LogP contribution in [0.5, 0.6) is 0 Å². The topological polar surface area (TPSA) is 175 Å². The van der Waals surface area contributed by atoms with Crippen LogP contribution in [0.15, 0.2) is 48.8 Å². The van der Waals surface area contributed by atoms with E-state index < -0.39 is 24.3 Å². The molecule has 4 unspecified atom stereocenters. The first-order chi connectivity index (χ1) is 32.3. The largest absolute Gasteiger partial charge is 0.453 e. The molecule has 8 aliphatic rings. The summed E-state index contributed by atoms with van der Waals surface area (Å²) >= 11 is 0. The minimum atomic E-state index is -0.698. The number of H-pyrrole nitrogens is 2. The monoisotopic (exact) mass is 915 g/mol. The number of nitrogens with one attached hydrogen (secondary N) is 4. The number of imidazole rings is 2. The number of carbonyl (C=O) groups excluding carboxylic acids is 4. The molecular formula is C53H70N8O6. The molecule has 358 valence electrons. The maximum absolute atomic E-state index is 14.5. The standard InChI is InChI=1S/C53H70N8O6/c1-29(2)46(58-52(64)66-6)50(62)60-42-14-10-8-12-36(42)25-44(60)48-54-27-40(56-48)38-23-32-16-18-33-20-21-34(31(5)22-35(38)19-17-32)24-39(33)41-28-55-49(57-41)45-26-37-13-9-11-15-43(37)61(45)51(63)47(30(3)4)59-53(65)67-7/h17,19-21,23-24,27-31,36-37,42-47H,8-16,18,22,25-26H2,1-7H3,(H,54,56)(H,55,57)(H,58,64)(H,59,65)/t31-,36?,37?,42?,43?,44+,45+,46+,47+/m1/s1. The Kier molecular flexibility index (Phi) is 13.5. The van der Waals surface area contributed by atoms with E-state index in [-0.39, 0.29) is 53.7 Å². The minimum absolute atomic E-state index is 0.0713. The second-order valence-electron chi connectivity index (χ2n) is 20.8. The van der Waals surface area contributed by atoms with Gasteiger partial charge in [-0.15, -0.1) is 0 Å². The number of aromatic amines is 2. The molecule has 2 saturated carbocycles. The van der Waals surface area contributed by atoms with Crippen molar-refractivity contribution in [3.8, 4) is 22.5 Å². The van der Waals surface area contributed by atoms with Gasteiger partial charge in [-0.3, -0.25) is 9.59 Å². The number of fused-ring (bicyclic) bond motifs is 2. The minimum Gasteiger partial charge on any atom is -0.453 e. The van der Waals surface area contributed by atoms with Gasteiger partial charge in [-0.2, -0.15) is 0 Å². The van der Waals surface area contributed by atoms with Gasteiger partial charge in [-0.05, 0) is 122 Å². The Labute approximate surface area is 395 Å². The highest BCUT2D eigenvalue weighted by atomic mass is 16.5. The molecule has 14 nitrogen and oxygen atoms in total. The highest BCUT2D eigenvalue weighted by Gasteiger charge is 2.50. The van der Waals surface area contributed by atoms with Crippen LogP contribution in [0.3, 0.4) is 0 Å². The van der Waals surface area contributed by atoms with Crippen LogP contribution < -0.4 is 10.6 Å². The molecule has 14 heteroatoms. The number of likely N-dealkylation sites (tertiary alicyclic amines) is 2. The lowest BCUT2D eigenvalue weighted by atomic mass is 9.84. The number of nitrogens with zero attached hydrogens (tertiary/aromatic N) is 4. The van der Waals surface area contributed by atoms with Crippen molar-refractivity contribution in [1.29, 1.82) is 0 Å². The predicted octanol–water partition coefficient (Wildman–Crippen LogP) is 9.34. The molecule has 4 amide bonds. The van der Waals surface area contributed by atoms with Gasteiger partial charge in [0.2, 0.25) is 11.8 Å². The number of benzene rings is 2. The van der Waals surface area contributed by atoms with Crippen LogP contribution in [-0.2, 0) is 38.3 Å². The Balaban J connectivity index is 0.982. The number of hydrogen-bond acceptors (Lipinski definition) is 8. The van der Waals surface area contributed by atoms with Crippen molar-refractivity contribution in [3.63, 3.8) is 0 Å². The molecular weight excluding hydrogens is 845 g/mol. The maximum atomic E-state index is 14.5. The second kappa shape index (κ2) is 19.5. The molecule has 0 radical (unpaired) electrons. The Morgan fingerprint density at radius 2 is 1.15 bits per heavy atom. The fourth-order valence-electron chi connectivity index (χ4n) is 12.3. The molecule has 4 bridgehead atoms. The number of carbonyl (C=O) groups is 4. The fraction of sp³-hybridized carbons (Fsp3) is 0.585. The van der Waals surface area contributed by atoms with Crippen molar-refractivity contribution in [2.45, 2.75) is 160 Å². The summed E-state index contributed by atoms with van der Waals surface area (Å²) < 4.78 is 9.86. The number of alkyl carbamates (subject to hydrolysis) is 2. The average Bonchev–Trinajstić information content (AvgIpc) is 4.16. The summed E-state index contributed by atoms with van der Waals surface area (Å²) in [5.74, 6) is 2.18. The quantitative estimate of drug-likeness (QED) is 0.122. The van der Waals surface area contributed by atoms with Crippen molar-refractivity contribution in [2.75, 3.05) is 14.2 Å². The molecule has 4 fully saturated rings. The Hall–Kier alpha value is -5.66. The van der Waals surface area contributed by atoms with Crippen LogP contribution in [0, 0.1) is 23.7 Å². The lowest BCUT2D eigenvalue weighted by Gasteiger charge is -2.36. The third-order valence-electron chi connectivity index (χ3n) is 15.9. The number of amides is 4. The van der Waals surface area contributed by atoms with E-state index in [9.17, 15) is 19.2 Å². The number of rotatable bonds is 10. The fourth-order valence-corrected chi connectivity index (χ4v) is 12.3. The van der Waals surface area contributed by atoms with E-state index in [1.165, 1.54) is 36.5 Å². The maximum Gasteiger partial charge on any atom is 0.407 e. The van der Waals surface area contributed by atoms with Gasteiger partial charge in [0.05, 0.1) is 37.7 Å². The SMILES string of the molecule is COC(=O)N[C@H](C(=O)N1C2CCCCC2C[C@H]1c1nc(-c2cc3ccc2CCc2ccc(c(-c4c[nH]c([C@@H]5CC6CCCCC6N5C(=O)[C@@H](NC(=O)OC)C(C)C)n4)c2)C[C@H]3C)c[nH]1)C(C)C. The summed E-state index contributed by atoms with van der Waals surface area (Å²) in [5.41, 5.74) is 8.85. The summed E-state index contributed by atoms with van der Waals surface area (Å²) in [6.45, 7) is 10.1. The molecule has 6 aliphatic carbocycles. The van der Waals surface area contributed by atoms with Gasteiger partial charge in [-0.1, -0.05) is 84.6 Å². The van der Waals surface area contributed by atoms with Gasteiger partial charge < -0.3 is 39.9 Å². The van der Waals surface area contributed by atoms with E-state index in [2.05, 4.69) is 63.9 Å². The van der Waals surface area contributed by atoms with Crippen LogP contribution in [0.25, 0.3) is 22.5 Å². The molecule has 2 aromatic heterocycles. The summed E-state index contributed by atoms with van der Waals surface area (Å²) in [4.78, 5) is 75.6. The van der Waals surface area contributed by atoms with Crippen LogP contribution >= 0.6 is 0 Å². The third-order valence-corrected chi connectivity index (χ3v) is 15.9. The average molecular weight is 915 g/mol. The molecule has 2 aromatic carbocycles. The molecule has 2 aliphatic heterocycles. The van der Waals surface area contributed by atoms with E-state index in [4.69, 9.17) is 19.4 Å². The molecule has 0 spiro atoms. The van der Waals surface area contributed by atoms with Crippen molar-refractivity contribution >= 4 is 24.0 Å². The molecule has 4 aromatic rings. The predicted molar refractivity (Wildman–Crippen MR) is 256 cm³/mol. The van der Waals surface area contributed by atoms with Crippen LogP contribution in [0.2, 0.25) is 0 Å². The molecule has 2 saturated heterocycles. The highest BCUT2D eigenvalue weighted by molar-refractivity contribution is 5.87. The van der Waals surface area contributed by atoms with E-state index in [1.54, 1.807) is 0 Å². The van der Waals surface area contributed by atoms with Crippen molar-refractivity contribution in [1.82, 2.24) is 40.4 Å². The summed E-state index contributed by atoms with van der Waals surface area (Å²) in [6.07, 6.45) is 15.5. The lowest BCUT2D eigenvalue weighted by molar-refractivity contribution is -0.139. The van der Waals surface area contributed by atoms with Crippen molar-refractivity contribution in [3.05, 3.63) is 82.7 Å². The molecule has 67 heavy (non-hydrogen) atoms. The van der Waals surface area contributed by atoms with E-state index in [0.29, 0.717) is 11.8 Å². The highest BCUT2D eigenvalue weighted by Crippen LogP contribution is 2.48. The van der Waals surface area contributed by atoms with E-state index in [1.807, 2.05) is 49.9 Å². The Morgan fingerprint density at radius 1 is 0.657 bits per heavy atom. The Morgan fingerprint density at radius 3 is 1.66 bits per heavy atom. The zero-order valence-corrected chi connectivity index (χ0v) is 40.4. The molecule has 4 heterocycles. The van der Waals surface area contributed by atoms with Crippen molar-refractivity contribution in [2.24, 2.45) is 23.7 Å². The van der Waals surface area contributed by atoms with Gasteiger partial charge in [0.1, 0.15) is 23.7 Å². The van der Waals surface area contributed by atoms with E-state index >= 15 is 0 Å². The lowest BCUT2D eigenvalue weighted by Crippen LogP contribution is -2.53. The summed E-state index contributed by atoms with van der Waals surface area (Å²) in [7, 11) is 2.66. The summed E-state index contributed by atoms with van der Waals surface area (Å²) in [5, 5.41) is 5.67. The number of aryl methyl sites for hydroxylation is 2. The molecule has 9 atom stereocenters. The first-order valence-electron chi connectivity index (χ1n) is 25.0. The van der Waals surface area contributed by atoms with Gasteiger partial charge in [-0.25, -0.2) is 19.6 Å². The van der Waals surface area contributed by atoms with Crippen LogP contribution in [-0.4, -0.2) is 92.1 Å². The third kappa shape index (κ3) is 9.21.